The SMILES string of the molecule is c1ccc(-n2c3ccccc3c3ccc4c(ccn4-c4ccc5cc6ccccc6cc5c4)c32)cc1. The van der Waals surface area contributed by atoms with E-state index in [-0.39, 0.29) is 0 Å². The number of benzene rings is 6. The van der Waals surface area contributed by atoms with E-state index in [1.165, 1.54) is 65.6 Å². The van der Waals surface area contributed by atoms with Crippen LogP contribution in [0.1, 0.15) is 0 Å². The Balaban J connectivity index is 1.41. The van der Waals surface area contributed by atoms with Crippen molar-refractivity contribution >= 4 is 54.3 Å². The zero-order valence-corrected chi connectivity index (χ0v) is 19.6. The molecule has 0 amide bonds. The lowest BCUT2D eigenvalue weighted by atomic mass is 10.0. The van der Waals surface area contributed by atoms with E-state index in [0.717, 1.165) is 0 Å². The van der Waals surface area contributed by atoms with E-state index in [9.17, 15) is 0 Å². The summed E-state index contributed by atoms with van der Waals surface area (Å²) in [5, 5.41) is 8.89. The lowest BCUT2D eigenvalue weighted by Crippen LogP contribution is -1.94. The smallest absolute Gasteiger partial charge is 0.0635 e. The molecule has 0 radical (unpaired) electrons. The summed E-state index contributed by atoms with van der Waals surface area (Å²) in [6.07, 6.45) is 2.21. The zero-order chi connectivity index (χ0) is 23.6. The van der Waals surface area contributed by atoms with E-state index >= 15 is 0 Å². The van der Waals surface area contributed by atoms with E-state index in [1.807, 2.05) is 0 Å². The summed E-state index contributed by atoms with van der Waals surface area (Å²) in [7, 11) is 0. The molecule has 2 aromatic heterocycles. The largest absolute Gasteiger partial charge is 0.316 e. The monoisotopic (exact) mass is 458 g/mol. The quantitative estimate of drug-likeness (QED) is 0.229. The van der Waals surface area contributed by atoms with E-state index < -0.39 is 0 Å². The Morgan fingerprint density at radius 2 is 1.11 bits per heavy atom. The third kappa shape index (κ3) is 2.73. The molecule has 0 atom stereocenters. The highest BCUT2D eigenvalue weighted by Crippen LogP contribution is 2.37. The van der Waals surface area contributed by atoms with Crippen molar-refractivity contribution in [3.8, 4) is 11.4 Å². The summed E-state index contributed by atoms with van der Waals surface area (Å²) < 4.78 is 4.72. The average Bonchev–Trinajstić information content (AvgIpc) is 3.51. The number of rotatable bonds is 2. The Kier molecular flexibility index (Phi) is 3.97. The minimum absolute atomic E-state index is 1.18. The number of aromatic nitrogens is 2. The van der Waals surface area contributed by atoms with Crippen LogP contribution in [0.4, 0.5) is 0 Å². The second-order valence-corrected chi connectivity index (χ2v) is 9.50. The van der Waals surface area contributed by atoms with Gasteiger partial charge in [0.1, 0.15) is 0 Å². The van der Waals surface area contributed by atoms with Crippen LogP contribution in [0.5, 0.6) is 0 Å². The van der Waals surface area contributed by atoms with Crippen molar-refractivity contribution in [3.05, 3.63) is 134 Å². The van der Waals surface area contributed by atoms with Crippen LogP contribution in [0.15, 0.2) is 134 Å². The van der Waals surface area contributed by atoms with Gasteiger partial charge >= 0.3 is 0 Å². The first-order valence-electron chi connectivity index (χ1n) is 12.4. The Morgan fingerprint density at radius 3 is 1.97 bits per heavy atom. The summed E-state index contributed by atoms with van der Waals surface area (Å²) >= 11 is 0. The van der Waals surface area contributed by atoms with Crippen molar-refractivity contribution in [1.82, 2.24) is 9.13 Å². The van der Waals surface area contributed by atoms with Gasteiger partial charge < -0.3 is 9.13 Å². The van der Waals surface area contributed by atoms with E-state index in [4.69, 9.17) is 0 Å². The Bertz CT molecular complexity index is 2090. The standard InChI is InChI=1S/C34H22N2/c1-2-10-27(11-3-1)36-33-13-7-6-12-29(33)30-16-17-32-31(34(30)36)18-19-35(32)28-15-14-25-20-23-8-4-5-9-24(23)21-26(25)22-28/h1-22H. The molecule has 0 spiro atoms. The van der Waals surface area contributed by atoms with Crippen LogP contribution in [0.2, 0.25) is 0 Å². The van der Waals surface area contributed by atoms with Gasteiger partial charge in [-0.05, 0) is 76.1 Å². The maximum atomic E-state index is 2.41. The highest BCUT2D eigenvalue weighted by molar-refractivity contribution is 6.18. The first-order chi connectivity index (χ1) is 17.8. The van der Waals surface area contributed by atoms with Gasteiger partial charge in [-0.3, -0.25) is 0 Å². The van der Waals surface area contributed by atoms with Crippen LogP contribution in [0.25, 0.3) is 65.6 Å². The molecule has 8 rings (SSSR count). The van der Waals surface area contributed by atoms with Crippen molar-refractivity contribution < 1.29 is 0 Å². The van der Waals surface area contributed by atoms with Gasteiger partial charge in [0.25, 0.3) is 0 Å². The second-order valence-electron chi connectivity index (χ2n) is 9.50. The molecular weight excluding hydrogens is 436 g/mol. The molecule has 168 valence electrons. The van der Waals surface area contributed by atoms with Crippen LogP contribution in [-0.4, -0.2) is 9.13 Å². The lowest BCUT2D eigenvalue weighted by molar-refractivity contribution is 1.13. The van der Waals surface area contributed by atoms with Crippen LogP contribution < -0.4 is 0 Å². The van der Waals surface area contributed by atoms with Crippen LogP contribution in [0, 0.1) is 0 Å². The Hall–Kier alpha value is -4.82. The number of nitrogens with zero attached hydrogens (tertiary/aromatic N) is 2. The maximum absolute atomic E-state index is 2.41. The molecule has 2 heterocycles. The first kappa shape index (κ1) is 19.5. The van der Waals surface area contributed by atoms with E-state index in [2.05, 4.69) is 143 Å². The molecule has 0 saturated carbocycles. The molecule has 0 unspecified atom stereocenters. The Labute approximate surface area is 208 Å². The van der Waals surface area contributed by atoms with Gasteiger partial charge in [-0.2, -0.15) is 0 Å². The molecule has 36 heavy (non-hydrogen) atoms. The highest BCUT2D eigenvalue weighted by atomic mass is 15.0. The van der Waals surface area contributed by atoms with Gasteiger partial charge in [0.05, 0.1) is 16.6 Å². The lowest BCUT2D eigenvalue weighted by Gasteiger charge is -2.10. The van der Waals surface area contributed by atoms with E-state index in [1.54, 1.807) is 0 Å². The molecule has 2 heteroatoms. The normalized spacial score (nSPS) is 11.9. The molecule has 2 nitrogen and oxygen atoms in total. The second kappa shape index (κ2) is 7.34. The van der Waals surface area contributed by atoms with Gasteiger partial charge in [0, 0.05) is 33.7 Å². The van der Waals surface area contributed by atoms with Gasteiger partial charge in [-0.25, -0.2) is 0 Å². The average molecular weight is 459 g/mol. The number of para-hydroxylation sites is 2. The number of hydrogen-bond acceptors (Lipinski definition) is 0. The van der Waals surface area contributed by atoms with E-state index in [0.29, 0.717) is 0 Å². The summed E-state index contributed by atoms with van der Waals surface area (Å²) in [6, 6.07) is 46.1. The third-order valence-corrected chi connectivity index (χ3v) is 7.48. The minimum Gasteiger partial charge on any atom is -0.316 e. The van der Waals surface area contributed by atoms with Crippen molar-refractivity contribution in [1.29, 1.82) is 0 Å². The van der Waals surface area contributed by atoms with Crippen molar-refractivity contribution in [2.45, 2.75) is 0 Å². The summed E-state index contributed by atoms with van der Waals surface area (Å²) in [5.74, 6) is 0. The molecule has 6 aromatic carbocycles. The van der Waals surface area contributed by atoms with Crippen LogP contribution >= 0.6 is 0 Å². The van der Waals surface area contributed by atoms with Crippen molar-refractivity contribution in [2.75, 3.05) is 0 Å². The van der Waals surface area contributed by atoms with Crippen LogP contribution in [0.3, 0.4) is 0 Å². The topological polar surface area (TPSA) is 9.86 Å². The molecule has 0 saturated heterocycles. The highest BCUT2D eigenvalue weighted by Gasteiger charge is 2.16. The maximum Gasteiger partial charge on any atom is 0.0635 e. The van der Waals surface area contributed by atoms with Gasteiger partial charge in [0.15, 0.2) is 0 Å². The molecule has 0 aliphatic rings. The van der Waals surface area contributed by atoms with Gasteiger partial charge in [-0.1, -0.05) is 72.8 Å². The molecular formula is C34H22N2. The molecule has 8 aromatic rings. The Morgan fingerprint density at radius 1 is 0.389 bits per heavy atom. The molecule has 0 aliphatic carbocycles. The fraction of sp³-hybridized carbons (Fsp3) is 0. The molecule has 0 fully saturated rings. The van der Waals surface area contributed by atoms with Crippen LogP contribution in [-0.2, 0) is 0 Å². The number of fused-ring (bicyclic) bond motifs is 7. The third-order valence-electron chi connectivity index (χ3n) is 7.48. The predicted molar refractivity (Wildman–Crippen MR) is 153 cm³/mol. The minimum atomic E-state index is 1.18. The predicted octanol–water partition coefficient (Wildman–Crippen LogP) is 9.03. The van der Waals surface area contributed by atoms with Gasteiger partial charge in [-0.15, -0.1) is 0 Å². The summed E-state index contributed by atoms with van der Waals surface area (Å²) in [5.41, 5.74) is 6.06. The fourth-order valence-electron chi connectivity index (χ4n) is 5.82. The summed E-state index contributed by atoms with van der Waals surface area (Å²) in [6.45, 7) is 0. The first-order valence-corrected chi connectivity index (χ1v) is 12.4. The molecule has 0 bridgehead atoms. The zero-order valence-electron chi connectivity index (χ0n) is 19.6. The van der Waals surface area contributed by atoms with Crippen molar-refractivity contribution in [3.63, 3.8) is 0 Å². The molecule has 0 aliphatic heterocycles. The number of hydrogen-bond donors (Lipinski definition) is 0. The molecule has 0 N–H and O–H groups in total. The summed E-state index contributed by atoms with van der Waals surface area (Å²) in [4.78, 5) is 0. The fourth-order valence-corrected chi connectivity index (χ4v) is 5.82. The van der Waals surface area contributed by atoms with Gasteiger partial charge in [0.2, 0.25) is 0 Å². The van der Waals surface area contributed by atoms with Crippen molar-refractivity contribution in [2.24, 2.45) is 0 Å².